The molecular weight excluding hydrogens is 478 g/mol. The van der Waals surface area contributed by atoms with Crippen LogP contribution in [0.4, 0.5) is 5.69 Å². The number of phenols is 1. The van der Waals surface area contributed by atoms with E-state index in [1.165, 1.54) is 0 Å². The highest BCUT2D eigenvalue weighted by Crippen LogP contribution is 2.53. The summed E-state index contributed by atoms with van der Waals surface area (Å²) in [5.74, 6) is -6.26. The molecule has 10 nitrogen and oxygen atoms in total. The number of aliphatic hydroxyl groups excluding tert-OH is 2. The van der Waals surface area contributed by atoms with Crippen molar-refractivity contribution >= 4 is 28.9 Å². The maximum Gasteiger partial charge on any atom is 0.255 e. The summed E-state index contributed by atoms with van der Waals surface area (Å²) in [5, 5.41) is 48.0. The second-order valence-electron chi connectivity index (χ2n) is 11.7. The van der Waals surface area contributed by atoms with E-state index in [2.05, 4.69) is 26.1 Å². The molecule has 0 spiro atoms. The molecule has 0 bridgehead atoms. The number of ketones is 2. The van der Waals surface area contributed by atoms with Gasteiger partial charge in [-0.15, -0.1) is 0 Å². The molecule has 1 amide bonds. The Hall–Kier alpha value is -3.37. The predicted octanol–water partition coefficient (Wildman–Crippen LogP) is 1.63. The van der Waals surface area contributed by atoms with Crippen LogP contribution in [-0.2, 0) is 27.3 Å². The fourth-order valence-corrected chi connectivity index (χ4v) is 5.83. The third-order valence-electron chi connectivity index (χ3n) is 7.57. The average Bonchev–Trinajstić information content (AvgIpc) is 2.76. The quantitative estimate of drug-likeness (QED) is 0.320. The van der Waals surface area contributed by atoms with Crippen molar-refractivity contribution in [3.63, 3.8) is 0 Å². The van der Waals surface area contributed by atoms with E-state index < -0.39 is 52.0 Å². The zero-order chi connectivity index (χ0) is 27.6. The van der Waals surface area contributed by atoms with Crippen LogP contribution in [0, 0.1) is 17.3 Å². The van der Waals surface area contributed by atoms with Crippen LogP contribution in [0.15, 0.2) is 23.0 Å². The minimum absolute atomic E-state index is 0.00665. The number of nitrogens with two attached hydrogens (primary N) is 1. The van der Waals surface area contributed by atoms with Crippen molar-refractivity contribution in [2.75, 3.05) is 25.5 Å². The van der Waals surface area contributed by atoms with Crippen molar-refractivity contribution in [2.24, 2.45) is 23.0 Å². The highest BCUT2D eigenvalue weighted by molar-refractivity contribution is 6.22. The third kappa shape index (κ3) is 4.18. The van der Waals surface area contributed by atoms with Crippen LogP contribution in [0.5, 0.6) is 5.75 Å². The van der Waals surface area contributed by atoms with Gasteiger partial charge >= 0.3 is 0 Å². The molecule has 3 aliphatic rings. The van der Waals surface area contributed by atoms with Crippen LogP contribution in [-0.4, -0.2) is 64.1 Å². The van der Waals surface area contributed by atoms with Crippen molar-refractivity contribution in [1.82, 2.24) is 5.32 Å². The lowest BCUT2D eigenvalue weighted by atomic mass is 9.59. The zero-order valence-electron chi connectivity index (χ0n) is 21.8. The van der Waals surface area contributed by atoms with Crippen LogP contribution < -0.4 is 16.0 Å². The van der Waals surface area contributed by atoms with Gasteiger partial charge in [-0.2, -0.15) is 0 Å². The van der Waals surface area contributed by atoms with Crippen LogP contribution in [0.25, 0.3) is 5.76 Å². The molecule has 0 heterocycles. The Bertz CT molecular complexity index is 1270. The first kappa shape index (κ1) is 26.7. The van der Waals surface area contributed by atoms with Gasteiger partial charge in [0.05, 0.1) is 5.56 Å². The normalized spacial score (nSPS) is 25.6. The summed E-state index contributed by atoms with van der Waals surface area (Å²) in [6.45, 7) is 7.22. The van der Waals surface area contributed by atoms with Gasteiger partial charge in [-0.05, 0) is 35.8 Å². The molecule has 1 aromatic rings. The molecule has 1 aromatic carbocycles. The predicted molar refractivity (Wildman–Crippen MR) is 137 cm³/mol. The van der Waals surface area contributed by atoms with Gasteiger partial charge in [0.2, 0.25) is 5.78 Å². The second-order valence-corrected chi connectivity index (χ2v) is 11.7. The summed E-state index contributed by atoms with van der Waals surface area (Å²) in [6.07, 6.45) is 0.0305. The van der Waals surface area contributed by atoms with Crippen molar-refractivity contribution in [3.05, 3.63) is 39.7 Å². The van der Waals surface area contributed by atoms with Gasteiger partial charge in [0.1, 0.15) is 22.8 Å². The molecule has 200 valence electrons. The Morgan fingerprint density at radius 2 is 1.84 bits per heavy atom. The molecule has 3 atom stereocenters. The largest absolute Gasteiger partial charge is 0.508 e. The fraction of sp³-hybridized carbons (Fsp3) is 0.519. The summed E-state index contributed by atoms with van der Waals surface area (Å²) >= 11 is 0. The lowest BCUT2D eigenvalue weighted by Gasteiger charge is -2.46. The molecule has 0 aromatic heterocycles. The number of Topliss-reactive ketones (excluding diaryl/α,β-unsaturated/α-hetero) is 2. The van der Waals surface area contributed by atoms with E-state index in [4.69, 9.17) is 5.73 Å². The van der Waals surface area contributed by atoms with Crippen LogP contribution in [0.2, 0.25) is 0 Å². The number of aliphatic hydroxyl groups is 3. The Morgan fingerprint density at radius 1 is 1.19 bits per heavy atom. The Labute approximate surface area is 215 Å². The average molecular weight is 514 g/mol. The van der Waals surface area contributed by atoms with Gasteiger partial charge in [-0.1, -0.05) is 20.8 Å². The molecule has 37 heavy (non-hydrogen) atoms. The molecule has 3 aliphatic carbocycles. The number of fused-ring (bicyclic) bond motifs is 3. The topological polar surface area (TPSA) is 173 Å². The monoisotopic (exact) mass is 513 g/mol. The third-order valence-corrected chi connectivity index (χ3v) is 7.57. The highest BCUT2D eigenvalue weighted by Gasteiger charge is 2.60. The van der Waals surface area contributed by atoms with Gasteiger partial charge in [-0.25, -0.2) is 0 Å². The first-order valence-electron chi connectivity index (χ1n) is 12.3. The van der Waals surface area contributed by atoms with E-state index in [1.807, 2.05) is 25.1 Å². The molecule has 1 fully saturated rings. The summed E-state index contributed by atoms with van der Waals surface area (Å²) in [5.41, 5.74) is 3.77. The molecular formula is C27H35N3O7. The van der Waals surface area contributed by atoms with Gasteiger partial charge in [-0.3, -0.25) is 14.4 Å². The van der Waals surface area contributed by atoms with Crippen LogP contribution in [0.3, 0.4) is 0 Å². The van der Waals surface area contributed by atoms with Crippen molar-refractivity contribution < 1.29 is 34.8 Å². The summed E-state index contributed by atoms with van der Waals surface area (Å²) in [6, 6.07) is 1.85. The molecule has 2 unspecified atom stereocenters. The number of nitrogens with zero attached hydrogens (tertiary/aromatic N) is 1. The fourth-order valence-electron chi connectivity index (χ4n) is 5.83. The van der Waals surface area contributed by atoms with Gasteiger partial charge in [0, 0.05) is 56.3 Å². The van der Waals surface area contributed by atoms with Crippen LogP contribution >= 0.6 is 0 Å². The Balaban J connectivity index is 1.87. The SMILES string of the molecule is CN(C)c1cc(CNCC(C)(C)C)c(O)c2c1CC1CC3CC(=O)C(C(N)=O)=C(O)[C@@]3(O)C(=O)C1=C2O. The molecule has 1 saturated carbocycles. The summed E-state index contributed by atoms with van der Waals surface area (Å²) < 4.78 is 0. The van der Waals surface area contributed by atoms with Gasteiger partial charge in [0.15, 0.2) is 11.4 Å². The second kappa shape index (κ2) is 8.88. The smallest absolute Gasteiger partial charge is 0.255 e. The lowest BCUT2D eigenvalue weighted by molar-refractivity contribution is -0.147. The number of primary amides is 1. The maximum absolute atomic E-state index is 13.7. The van der Waals surface area contributed by atoms with E-state index in [-0.39, 0.29) is 41.6 Å². The van der Waals surface area contributed by atoms with Gasteiger partial charge in [0.25, 0.3) is 5.91 Å². The summed E-state index contributed by atoms with van der Waals surface area (Å²) in [4.78, 5) is 39.8. The number of amides is 1. The Kier molecular flexibility index (Phi) is 6.41. The first-order chi connectivity index (χ1) is 17.1. The first-order valence-corrected chi connectivity index (χ1v) is 12.3. The number of rotatable bonds is 5. The molecule has 0 radical (unpaired) electrons. The number of aromatic hydroxyl groups is 1. The number of carbonyl (C=O) groups excluding carboxylic acids is 3. The minimum atomic E-state index is -2.57. The van der Waals surface area contributed by atoms with Crippen LogP contribution in [0.1, 0.15) is 50.3 Å². The number of benzene rings is 1. The summed E-state index contributed by atoms with van der Waals surface area (Å²) in [7, 11) is 3.68. The lowest BCUT2D eigenvalue weighted by Crippen LogP contribution is -2.58. The van der Waals surface area contributed by atoms with Crippen molar-refractivity contribution in [2.45, 2.75) is 52.2 Å². The number of hydrogen-bond donors (Lipinski definition) is 6. The number of phenolic OH excluding ortho intramolecular Hbond substituents is 1. The molecule has 0 aliphatic heterocycles. The maximum atomic E-state index is 13.7. The van der Waals surface area contributed by atoms with Gasteiger partial charge < -0.3 is 36.4 Å². The zero-order valence-corrected chi connectivity index (χ0v) is 21.8. The standard InChI is InChI=1S/C27H35N3O7/c1-26(2,3)11-29-10-13-8-16(30(4)5)15-7-12-6-14-9-17(31)20(25(28)36)24(35)27(14,37)23(34)18(12)22(33)19(15)21(13)32/h8,12,14,29,32-33,35,37H,6-7,9-11H2,1-5H3,(H2,28,36)/t12?,14?,27-/m0/s1. The molecule has 7 N–H and O–H groups in total. The number of carbonyl (C=O) groups is 3. The molecule has 4 rings (SSSR count). The van der Waals surface area contributed by atoms with Crippen molar-refractivity contribution in [3.8, 4) is 5.75 Å². The van der Waals surface area contributed by atoms with E-state index >= 15 is 0 Å². The van der Waals surface area contributed by atoms with E-state index in [0.717, 1.165) is 5.69 Å². The molecule has 10 heteroatoms. The Morgan fingerprint density at radius 3 is 2.41 bits per heavy atom. The minimum Gasteiger partial charge on any atom is -0.508 e. The highest BCUT2D eigenvalue weighted by atomic mass is 16.3. The van der Waals surface area contributed by atoms with E-state index in [9.17, 15) is 34.8 Å². The number of hydrogen-bond acceptors (Lipinski definition) is 9. The van der Waals surface area contributed by atoms with E-state index in [1.54, 1.807) is 0 Å². The number of anilines is 1. The molecule has 0 saturated heterocycles. The van der Waals surface area contributed by atoms with E-state index in [0.29, 0.717) is 24.2 Å². The number of nitrogens with one attached hydrogen (secondary N) is 1. The van der Waals surface area contributed by atoms with Crippen molar-refractivity contribution in [1.29, 1.82) is 0 Å².